The van der Waals surface area contributed by atoms with Gasteiger partial charge in [-0.15, -0.1) is 0 Å². The Bertz CT molecular complexity index is 1220. The van der Waals surface area contributed by atoms with Gasteiger partial charge in [0.05, 0.1) is 25.0 Å². The van der Waals surface area contributed by atoms with Crippen molar-refractivity contribution in [3.05, 3.63) is 53.1 Å². The van der Waals surface area contributed by atoms with E-state index in [1.54, 1.807) is 71.9 Å². The summed E-state index contributed by atoms with van der Waals surface area (Å²) in [5.74, 6) is 0.260. The fourth-order valence-corrected chi connectivity index (χ4v) is 3.28. The second-order valence-electron chi connectivity index (χ2n) is 12.2. The van der Waals surface area contributed by atoms with E-state index in [0.29, 0.717) is 28.4 Å². The summed E-state index contributed by atoms with van der Waals surface area (Å²) in [7, 11) is 2.96. The molecule has 7 nitrogen and oxygen atoms in total. The lowest BCUT2D eigenvalue weighted by Crippen LogP contribution is -2.27. The van der Waals surface area contributed by atoms with Gasteiger partial charge in [0, 0.05) is 16.7 Å². The molecule has 0 spiro atoms. The molecule has 0 N–H and O–H groups in total. The normalized spacial score (nSPS) is 12.3. The minimum atomic E-state index is -0.723. The highest BCUT2D eigenvalue weighted by atomic mass is 16.6. The highest BCUT2D eigenvalue weighted by molar-refractivity contribution is 6.07. The van der Waals surface area contributed by atoms with Crippen LogP contribution < -0.4 is 18.9 Å². The van der Waals surface area contributed by atoms with Crippen LogP contribution in [0, 0.1) is 10.8 Å². The Hall–Kier alpha value is -3.61. The van der Waals surface area contributed by atoms with Crippen LogP contribution in [0.3, 0.4) is 0 Å². The fraction of sp³-hybridized carbons (Fsp3) is 0.452. The van der Waals surface area contributed by atoms with Crippen molar-refractivity contribution in [2.24, 2.45) is 10.8 Å². The molecular weight excluding hydrogens is 484 g/mol. The number of rotatable bonds is 7. The Morgan fingerprint density at radius 1 is 0.684 bits per heavy atom. The maximum Gasteiger partial charge on any atom is 0.316 e. The van der Waals surface area contributed by atoms with Gasteiger partial charge >= 0.3 is 11.9 Å². The van der Waals surface area contributed by atoms with E-state index in [2.05, 4.69) is 0 Å². The van der Waals surface area contributed by atoms with Crippen molar-refractivity contribution in [1.29, 1.82) is 0 Å². The van der Waals surface area contributed by atoms with Crippen molar-refractivity contribution in [3.63, 3.8) is 0 Å². The maximum atomic E-state index is 12.9. The lowest BCUT2D eigenvalue weighted by atomic mass is 9.84. The zero-order chi connectivity index (χ0) is 29.1. The molecule has 0 aliphatic rings. The highest BCUT2D eigenvalue weighted by Gasteiger charge is 2.32. The molecule has 0 saturated carbocycles. The van der Waals surface area contributed by atoms with Crippen molar-refractivity contribution in [1.82, 2.24) is 0 Å². The van der Waals surface area contributed by atoms with Gasteiger partial charge in [0.15, 0.2) is 17.3 Å². The fourth-order valence-electron chi connectivity index (χ4n) is 3.28. The van der Waals surface area contributed by atoms with Crippen molar-refractivity contribution in [2.75, 3.05) is 14.2 Å². The molecule has 0 saturated heterocycles. The first kappa shape index (κ1) is 30.6. The molecule has 2 aromatic rings. The van der Waals surface area contributed by atoms with Crippen molar-refractivity contribution in [2.45, 2.75) is 67.7 Å². The summed E-state index contributed by atoms with van der Waals surface area (Å²) in [4.78, 5) is 37.8. The highest BCUT2D eigenvalue weighted by Crippen LogP contribution is 2.47. The molecule has 0 aliphatic carbocycles. The first-order valence-electron chi connectivity index (χ1n) is 12.5. The van der Waals surface area contributed by atoms with Gasteiger partial charge in [0.25, 0.3) is 0 Å². The Morgan fingerprint density at radius 3 is 1.63 bits per heavy atom. The Kier molecular flexibility index (Phi) is 9.20. The summed E-state index contributed by atoms with van der Waals surface area (Å²) >= 11 is 0. The quantitative estimate of drug-likeness (QED) is 0.170. The maximum absolute atomic E-state index is 12.9. The molecule has 0 aromatic heterocycles. The largest absolute Gasteiger partial charge is 0.492 e. The first-order valence-corrected chi connectivity index (χ1v) is 12.5. The van der Waals surface area contributed by atoms with E-state index in [1.165, 1.54) is 20.3 Å². The number of esters is 2. The summed E-state index contributed by atoms with van der Waals surface area (Å²) in [6.45, 7) is 16.6. The predicted molar refractivity (Wildman–Crippen MR) is 148 cm³/mol. The molecule has 2 rings (SSSR count). The van der Waals surface area contributed by atoms with Gasteiger partial charge in [-0.2, -0.15) is 0 Å². The minimum absolute atomic E-state index is 0.250. The average Bonchev–Trinajstić information content (AvgIpc) is 2.80. The molecule has 0 heterocycles. The van der Waals surface area contributed by atoms with Crippen LogP contribution in [0.1, 0.15) is 83.8 Å². The standard InChI is InChI=1S/C31H40O7/c1-29(2,3)22-18-20(24(35-10)26(36-11)25(22)38-28(34)31(7,8)9)14-17-23(32)19-12-15-21(16-13-19)37-27(33)30(4,5)6/h12-18H,1-11H3. The van der Waals surface area contributed by atoms with Crippen LogP contribution in [0.5, 0.6) is 23.0 Å². The number of carbonyl (C=O) groups excluding carboxylic acids is 3. The van der Waals surface area contributed by atoms with Crippen LogP contribution in [-0.2, 0) is 15.0 Å². The third kappa shape index (κ3) is 7.46. The van der Waals surface area contributed by atoms with Crippen molar-refractivity contribution >= 4 is 23.8 Å². The molecular formula is C31H40O7. The zero-order valence-corrected chi connectivity index (χ0v) is 24.4. The molecule has 2 aromatic carbocycles. The SMILES string of the molecule is COc1c(C=CC(=O)c2ccc(OC(=O)C(C)(C)C)cc2)cc(C(C)(C)C)c(OC(=O)C(C)(C)C)c1OC. The van der Waals surface area contributed by atoms with Gasteiger partial charge in [0.1, 0.15) is 5.75 Å². The number of methoxy groups -OCH3 is 2. The van der Waals surface area contributed by atoms with Crippen LogP contribution in [0.2, 0.25) is 0 Å². The summed E-state index contributed by atoms with van der Waals surface area (Å²) in [5.41, 5.74) is -0.0312. The molecule has 0 radical (unpaired) electrons. The third-order valence-electron chi connectivity index (χ3n) is 5.62. The van der Waals surface area contributed by atoms with Gasteiger partial charge in [-0.3, -0.25) is 14.4 Å². The summed E-state index contributed by atoms with van der Waals surface area (Å²) in [5, 5.41) is 0. The first-order chi connectivity index (χ1) is 17.4. The molecule has 0 aliphatic heterocycles. The number of hydrogen-bond acceptors (Lipinski definition) is 7. The molecule has 206 valence electrons. The van der Waals surface area contributed by atoms with Gasteiger partial charge in [-0.1, -0.05) is 20.8 Å². The third-order valence-corrected chi connectivity index (χ3v) is 5.62. The summed E-state index contributed by atoms with van der Waals surface area (Å²) < 4.78 is 22.5. The number of allylic oxidation sites excluding steroid dienone is 1. The zero-order valence-electron chi connectivity index (χ0n) is 24.4. The number of carbonyl (C=O) groups is 3. The number of ketones is 1. The number of benzene rings is 2. The van der Waals surface area contributed by atoms with E-state index in [1.807, 2.05) is 26.8 Å². The van der Waals surface area contributed by atoms with E-state index in [4.69, 9.17) is 18.9 Å². The van der Waals surface area contributed by atoms with E-state index < -0.39 is 22.2 Å². The van der Waals surface area contributed by atoms with Gasteiger partial charge < -0.3 is 18.9 Å². The molecule has 0 bridgehead atoms. The second-order valence-corrected chi connectivity index (χ2v) is 12.2. The molecule has 0 unspecified atom stereocenters. The van der Waals surface area contributed by atoms with Crippen LogP contribution >= 0.6 is 0 Å². The van der Waals surface area contributed by atoms with E-state index in [-0.39, 0.29) is 17.5 Å². The van der Waals surface area contributed by atoms with Crippen molar-refractivity contribution in [3.8, 4) is 23.0 Å². The molecule has 7 heteroatoms. The van der Waals surface area contributed by atoms with E-state index in [0.717, 1.165) is 5.56 Å². The van der Waals surface area contributed by atoms with Crippen LogP contribution in [-0.4, -0.2) is 31.9 Å². The molecule has 0 amide bonds. The Labute approximate surface area is 226 Å². The Balaban J connectivity index is 2.47. The van der Waals surface area contributed by atoms with Crippen LogP contribution in [0.15, 0.2) is 36.4 Å². The lowest BCUT2D eigenvalue weighted by molar-refractivity contribution is -0.143. The smallest absolute Gasteiger partial charge is 0.316 e. The predicted octanol–water partition coefficient (Wildman–Crippen LogP) is 6.80. The second kappa shape index (κ2) is 11.4. The van der Waals surface area contributed by atoms with Crippen LogP contribution in [0.25, 0.3) is 6.08 Å². The lowest BCUT2D eigenvalue weighted by Gasteiger charge is -2.27. The van der Waals surface area contributed by atoms with Gasteiger partial charge in [0.2, 0.25) is 5.75 Å². The van der Waals surface area contributed by atoms with E-state index >= 15 is 0 Å². The molecule has 0 atom stereocenters. The van der Waals surface area contributed by atoms with Gasteiger partial charge in [-0.25, -0.2) is 0 Å². The topological polar surface area (TPSA) is 88.1 Å². The number of hydrogen-bond donors (Lipinski definition) is 0. The van der Waals surface area contributed by atoms with Crippen molar-refractivity contribution < 1.29 is 33.3 Å². The molecule has 38 heavy (non-hydrogen) atoms. The number of ether oxygens (including phenoxy) is 4. The van der Waals surface area contributed by atoms with E-state index in [9.17, 15) is 14.4 Å². The average molecular weight is 525 g/mol. The Morgan fingerprint density at radius 2 is 1.18 bits per heavy atom. The summed E-state index contributed by atoms with van der Waals surface area (Å²) in [6, 6.07) is 8.22. The monoisotopic (exact) mass is 524 g/mol. The van der Waals surface area contributed by atoms with Crippen LogP contribution in [0.4, 0.5) is 0 Å². The molecule has 0 fully saturated rings. The van der Waals surface area contributed by atoms with Gasteiger partial charge in [-0.05, 0) is 89.4 Å². The summed E-state index contributed by atoms with van der Waals surface area (Å²) in [6.07, 6.45) is 3.07. The minimum Gasteiger partial charge on any atom is -0.492 e.